The van der Waals surface area contributed by atoms with Crippen LogP contribution in [-0.2, 0) is 0 Å². The zero-order chi connectivity index (χ0) is 9.26. The molecule has 1 aromatic rings. The first-order chi connectivity index (χ1) is 6.25. The van der Waals surface area contributed by atoms with Crippen molar-refractivity contribution in [3.8, 4) is 5.75 Å². The predicted octanol–water partition coefficient (Wildman–Crippen LogP) is 3.44. The lowest BCUT2D eigenvalue weighted by atomic mass is 10.2. The van der Waals surface area contributed by atoms with Crippen molar-refractivity contribution in [1.82, 2.24) is 0 Å². The van der Waals surface area contributed by atoms with Crippen LogP contribution in [-0.4, -0.2) is 6.61 Å². The van der Waals surface area contributed by atoms with Crippen LogP contribution in [0, 0.1) is 12.8 Å². The van der Waals surface area contributed by atoms with Crippen LogP contribution in [0.3, 0.4) is 0 Å². The van der Waals surface area contributed by atoms with Gasteiger partial charge in [0.15, 0.2) is 0 Å². The van der Waals surface area contributed by atoms with Gasteiger partial charge in [-0.05, 0) is 43.4 Å². The highest BCUT2D eigenvalue weighted by atomic mass is 35.5. The van der Waals surface area contributed by atoms with Gasteiger partial charge in [0.05, 0.1) is 11.6 Å². The van der Waals surface area contributed by atoms with E-state index in [2.05, 4.69) is 0 Å². The zero-order valence-electron chi connectivity index (χ0n) is 7.72. The molecule has 13 heavy (non-hydrogen) atoms. The van der Waals surface area contributed by atoms with Gasteiger partial charge in [0.1, 0.15) is 5.75 Å². The zero-order valence-corrected chi connectivity index (χ0v) is 8.47. The number of hydrogen-bond acceptors (Lipinski definition) is 1. The Morgan fingerprint density at radius 1 is 1.46 bits per heavy atom. The molecule has 0 bridgehead atoms. The lowest BCUT2D eigenvalue weighted by Crippen LogP contribution is -1.99. The standard InChI is InChI=1S/C11H13ClO/c1-8-2-5-11(10(12)6-8)13-7-9-3-4-9/h2,5-6,9H,3-4,7H2,1H3. The van der Waals surface area contributed by atoms with Gasteiger partial charge in [-0.3, -0.25) is 0 Å². The number of rotatable bonds is 3. The van der Waals surface area contributed by atoms with Gasteiger partial charge in [-0.15, -0.1) is 0 Å². The molecule has 1 nitrogen and oxygen atoms in total. The quantitative estimate of drug-likeness (QED) is 0.720. The van der Waals surface area contributed by atoms with Crippen LogP contribution in [0.4, 0.5) is 0 Å². The molecule has 2 heteroatoms. The van der Waals surface area contributed by atoms with Gasteiger partial charge in [-0.25, -0.2) is 0 Å². The molecule has 1 aliphatic rings. The maximum absolute atomic E-state index is 6.01. The van der Waals surface area contributed by atoms with Crippen molar-refractivity contribution in [3.63, 3.8) is 0 Å². The van der Waals surface area contributed by atoms with Crippen molar-refractivity contribution in [2.45, 2.75) is 19.8 Å². The molecular weight excluding hydrogens is 184 g/mol. The highest BCUT2D eigenvalue weighted by Gasteiger charge is 2.22. The Morgan fingerprint density at radius 3 is 2.85 bits per heavy atom. The molecule has 1 aromatic carbocycles. The minimum absolute atomic E-state index is 0.723. The molecule has 0 radical (unpaired) electrons. The summed E-state index contributed by atoms with van der Waals surface area (Å²) >= 11 is 6.01. The van der Waals surface area contributed by atoms with Crippen LogP contribution < -0.4 is 4.74 Å². The topological polar surface area (TPSA) is 9.23 Å². The summed E-state index contributed by atoms with van der Waals surface area (Å²) in [5.74, 6) is 1.59. The molecule has 1 saturated carbocycles. The molecule has 0 aromatic heterocycles. The summed E-state index contributed by atoms with van der Waals surface area (Å²) < 4.78 is 5.58. The van der Waals surface area contributed by atoms with Crippen LogP contribution in [0.15, 0.2) is 18.2 Å². The second-order valence-corrected chi connectivity index (χ2v) is 4.10. The largest absolute Gasteiger partial charge is 0.492 e. The predicted molar refractivity (Wildman–Crippen MR) is 54.4 cm³/mol. The van der Waals surface area contributed by atoms with E-state index in [1.807, 2.05) is 25.1 Å². The fourth-order valence-electron chi connectivity index (χ4n) is 1.22. The first-order valence-electron chi connectivity index (χ1n) is 4.64. The molecule has 0 heterocycles. The van der Waals surface area contributed by atoms with Gasteiger partial charge in [-0.2, -0.15) is 0 Å². The first-order valence-corrected chi connectivity index (χ1v) is 5.02. The van der Waals surface area contributed by atoms with Gasteiger partial charge in [0.25, 0.3) is 0 Å². The van der Waals surface area contributed by atoms with Crippen LogP contribution in [0.1, 0.15) is 18.4 Å². The molecule has 70 valence electrons. The minimum atomic E-state index is 0.723. The highest BCUT2D eigenvalue weighted by Crippen LogP contribution is 2.31. The van der Waals surface area contributed by atoms with E-state index < -0.39 is 0 Å². The minimum Gasteiger partial charge on any atom is -0.492 e. The van der Waals surface area contributed by atoms with E-state index in [0.717, 1.165) is 23.3 Å². The van der Waals surface area contributed by atoms with Crippen molar-refractivity contribution in [2.24, 2.45) is 5.92 Å². The third-order valence-corrected chi connectivity index (χ3v) is 2.55. The van der Waals surface area contributed by atoms with E-state index in [0.29, 0.717) is 0 Å². The van der Waals surface area contributed by atoms with Crippen LogP contribution >= 0.6 is 11.6 Å². The average molecular weight is 197 g/mol. The van der Waals surface area contributed by atoms with E-state index in [9.17, 15) is 0 Å². The summed E-state index contributed by atoms with van der Waals surface area (Å²) in [7, 11) is 0. The number of ether oxygens (including phenoxy) is 1. The molecule has 0 saturated heterocycles. The molecule has 1 fully saturated rings. The lowest BCUT2D eigenvalue weighted by Gasteiger charge is -2.07. The van der Waals surface area contributed by atoms with Gasteiger partial charge in [0, 0.05) is 0 Å². The van der Waals surface area contributed by atoms with E-state index in [1.54, 1.807) is 0 Å². The Kier molecular flexibility index (Phi) is 2.45. The Morgan fingerprint density at radius 2 is 2.23 bits per heavy atom. The third-order valence-electron chi connectivity index (χ3n) is 2.26. The van der Waals surface area contributed by atoms with Crippen molar-refractivity contribution >= 4 is 11.6 Å². The second kappa shape index (κ2) is 3.59. The van der Waals surface area contributed by atoms with Crippen molar-refractivity contribution < 1.29 is 4.74 Å². The Balaban J connectivity index is 2.01. The maximum atomic E-state index is 6.01. The van der Waals surface area contributed by atoms with Gasteiger partial charge >= 0.3 is 0 Å². The van der Waals surface area contributed by atoms with E-state index >= 15 is 0 Å². The Hall–Kier alpha value is -0.690. The second-order valence-electron chi connectivity index (χ2n) is 3.69. The van der Waals surface area contributed by atoms with E-state index in [4.69, 9.17) is 16.3 Å². The van der Waals surface area contributed by atoms with Gasteiger partial charge < -0.3 is 4.74 Å². The summed E-state index contributed by atoms with van der Waals surface area (Å²) in [6, 6.07) is 5.90. The Labute approximate surface area is 83.7 Å². The van der Waals surface area contributed by atoms with E-state index in [1.165, 1.54) is 18.4 Å². The lowest BCUT2D eigenvalue weighted by molar-refractivity contribution is 0.300. The Bertz CT molecular complexity index is 305. The molecular formula is C11H13ClO. The highest BCUT2D eigenvalue weighted by molar-refractivity contribution is 6.32. The molecule has 0 unspecified atom stereocenters. The third kappa shape index (κ3) is 2.38. The van der Waals surface area contributed by atoms with Crippen molar-refractivity contribution in [1.29, 1.82) is 0 Å². The average Bonchev–Trinajstić information content (AvgIpc) is 2.86. The molecule has 0 amide bonds. The first kappa shape index (κ1) is 8.89. The summed E-state index contributed by atoms with van der Waals surface area (Å²) in [4.78, 5) is 0. The van der Waals surface area contributed by atoms with Gasteiger partial charge in [0.2, 0.25) is 0 Å². The fraction of sp³-hybridized carbons (Fsp3) is 0.455. The molecule has 2 rings (SSSR count). The number of hydrogen-bond donors (Lipinski definition) is 0. The van der Waals surface area contributed by atoms with Gasteiger partial charge in [-0.1, -0.05) is 17.7 Å². The molecule has 0 spiro atoms. The van der Waals surface area contributed by atoms with Crippen LogP contribution in [0.2, 0.25) is 5.02 Å². The summed E-state index contributed by atoms with van der Waals surface area (Å²) in [5.41, 5.74) is 1.17. The smallest absolute Gasteiger partial charge is 0.137 e. The SMILES string of the molecule is Cc1ccc(OCC2CC2)c(Cl)c1. The summed E-state index contributed by atoms with van der Waals surface area (Å²) in [5, 5.41) is 0.723. The maximum Gasteiger partial charge on any atom is 0.137 e. The fourth-order valence-corrected chi connectivity index (χ4v) is 1.50. The number of aryl methyl sites for hydroxylation is 1. The summed E-state index contributed by atoms with van der Waals surface area (Å²) in [6.07, 6.45) is 2.62. The number of halogens is 1. The monoisotopic (exact) mass is 196 g/mol. The van der Waals surface area contributed by atoms with E-state index in [-0.39, 0.29) is 0 Å². The van der Waals surface area contributed by atoms with Crippen LogP contribution in [0.5, 0.6) is 5.75 Å². The normalized spacial score (nSPS) is 15.8. The van der Waals surface area contributed by atoms with Crippen molar-refractivity contribution in [2.75, 3.05) is 6.61 Å². The molecule has 0 aliphatic heterocycles. The summed E-state index contributed by atoms with van der Waals surface area (Å²) in [6.45, 7) is 2.85. The molecule has 1 aliphatic carbocycles. The molecule has 0 N–H and O–H groups in total. The van der Waals surface area contributed by atoms with Crippen LogP contribution in [0.25, 0.3) is 0 Å². The molecule has 0 atom stereocenters. The van der Waals surface area contributed by atoms with Crippen molar-refractivity contribution in [3.05, 3.63) is 28.8 Å². The number of benzene rings is 1.